The van der Waals surface area contributed by atoms with Crippen LogP contribution in [0, 0.1) is 0 Å². The Labute approximate surface area is 143 Å². The van der Waals surface area contributed by atoms with Gasteiger partial charge in [0.25, 0.3) is 0 Å². The van der Waals surface area contributed by atoms with Gasteiger partial charge in [0, 0.05) is 18.5 Å². The number of halogens is 3. The van der Waals surface area contributed by atoms with Gasteiger partial charge in [-0.05, 0) is 55.4 Å². The molecule has 1 aliphatic carbocycles. The van der Waals surface area contributed by atoms with Crippen LogP contribution in [-0.4, -0.2) is 22.4 Å². The van der Waals surface area contributed by atoms with E-state index in [1.807, 2.05) is 18.2 Å². The van der Waals surface area contributed by atoms with Crippen molar-refractivity contribution in [2.24, 2.45) is 0 Å². The number of fused-ring (bicyclic) bond motifs is 1. The molecule has 1 saturated heterocycles. The molecule has 0 N–H and O–H groups in total. The van der Waals surface area contributed by atoms with Crippen LogP contribution in [0.15, 0.2) is 30.7 Å². The van der Waals surface area contributed by atoms with Crippen LogP contribution in [-0.2, 0) is 22.1 Å². The van der Waals surface area contributed by atoms with Crippen LogP contribution in [0.2, 0.25) is 0 Å². The summed E-state index contributed by atoms with van der Waals surface area (Å²) in [6, 6.07) is 5.67. The first-order valence-corrected chi connectivity index (χ1v) is 8.52. The summed E-state index contributed by atoms with van der Waals surface area (Å²) in [5, 5.41) is 0. The number of imidazole rings is 1. The molecule has 1 fully saturated rings. The first-order valence-electron chi connectivity index (χ1n) is 8.52. The van der Waals surface area contributed by atoms with Gasteiger partial charge in [-0.15, -0.1) is 0 Å². The smallest absolute Gasteiger partial charge is 0.353 e. The van der Waals surface area contributed by atoms with E-state index in [1.165, 1.54) is 10.9 Å². The largest absolute Gasteiger partial charge is 0.434 e. The number of hydrogen-bond acceptors (Lipinski definition) is 3. The predicted molar refractivity (Wildman–Crippen MR) is 84.3 cm³/mol. The second kappa shape index (κ2) is 6.46. The van der Waals surface area contributed by atoms with E-state index in [-0.39, 0.29) is 12.4 Å². The normalized spacial score (nSPS) is 23.6. The Hall–Kier alpha value is -1.86. The first-order chi connectivity index (χ1) is 12.0. The number of rotatable bonds is 3. The minimum absolute atomic E-state index is 0.000623. The van der Waals surface area contributed by atoms with Crippen molar-refractivity contribution < 1.29 is 22.6 Å². The van der Waals surface area contributed by atoms with E-state index in [2.05, 4.69) is 4.98 Å². The fraction of sp³-hybridized carbons (Fsp3) is 0.500. The molecule has 1 aliphatic heterocycles. The minimum Gasteiger partial charge on any atom is -0.353 e. The zero-order valence-electron chi connectivity index (χ0n) is 13.6. The highest BCUT2D eigenvalue weighted by molar-refractivity contribution is 5.44. The van der Waals surface area contributed by atoms with Crippen molar-refractivity contribution in [2.45, 2.75) is 50.7 Å². The molecule has 134 valence electrons. The Kier molecular flexibility index (Phi) is 4.29. The molecule has 4 rings (SSSR count). The van der Waals surface area contributed by atoms with Crippen molar-refractivity contribution in [3.63, 3.8) is 0 Å². The highest BCUT2D eigenvalue weighted by Crippen LogP contribution is 2.37. The highest BCUT2D eigenvalue weighted by Gasteiger charge is 2.33. The summed E-state index contributed by atoms with van der Waals surface area (Å²) >= 11 is 0. The van der Waals surface area contributed by atoms with Crippen molar-refractivity contribution in [1.82, 2.24) is 9.55 Å². The average Bonchev–Trinajstić information content (AvgIpc) is 3.23. The summed E-state index contributed by atoms with van der Waals surface area (Å²) in [6.45, 7) is 0.741. The number of hydrogen-bond donors (Lipinski definition) is 0. The number of alkyl halides is 3. The van der Waals surface area contributed by atoms with E-state index >= 15 is 0 Å². The van der Waals surface area contributed by atoms with Crippen LogP contribution < -0.4 is 0 Å². The lowest BCUT2D eigenvalue weighted by molar-refractivity contribution is -0.189. The van der Waals surface area contributed by atoms with Crippen LogP contribution in [0.4, 0.5) is 13.2 Å². The molecule has 0 saturated carbocycles. The second-order valence-corrected chi connectivity index (χ2v) is 6.51. The molecule has 2 atom stereocenters. The van der Waals surface area contributed by atoms with E-state index < -0.39 is 11.9 Å². The summed E-state index contributed by atoms with van der Waals surface area (Å²) in [4.78, 5) is 3.45. The number of aryl methyl sites for hydroxylation is 1. The number of aromatic nitrogens is 2. The van der Waals surface area contributed by atoms with Gasteiger partial charge < -0.3 is 14.0 Å². The molecule has 25 heavy (non-hydrogen) atoms. The average molecular weight is 352 g/mol. The van der Waals surface area contributed by atoms with Crippen molar-refractivity contribution >= 4 is 0 Å². The molecular weight excluding hydrogens is 333 g/mol. The van der Waals surface area contributed by atoms with E-state index in [4.69, 9.17) is 9.47 Å². The lowest BCUT2D eigenvalue weighted by atomic mass is 10.1. The molecule has 0 radical (unpaired) electrons. The fourth-order valence-corrected chi connectivity index (χ4v) is 3.48. The maximum atomic E-state index is 12.7. The van der Waals surface area contributed by atoms with Gasteiger partial charge in [-0.3, -0.25) is 0 Å². The zero-order valence-corrected chi connectivity index (χ0v) is 13.6. The monoisotopic (exact) mass is 352 g/mol. The Balaban J connectivity index is 1.52. The van der Waals surface area contributed by atoms with Gasteiger partial charge in [-0.2, -0.15) is 13.2 Å². The standard InChI is InChI=1S/C18H19F3N2O2/c19-18(20,21)16-10-23(11-22-16)13-5-6-14-12(9-13)4-7-15(14)25-17-3-1-2-8-24-17/h5-6,9-11,15,17H,1-4,7-8H2. The molecule has 2 aliphatic rings. The molecule has 2 aromatic rings. The summed E-state index contributed by atoms with van der Waals surface area (Å²) in [6.07, 6.45) is 2.47. The van der Waals surface area contributed by atoms with Crippen molar-refractivity contribution in [2.75, 3.05) is 6.61 Å². The van der Waals surface area contributed by atoms with Crippen molar-refractivity contribution in [3.05, 3.63) is 47.5 Å². The van der Waals surface area contributed by atoms with Gasteiger partial charge in [0.15, 0.2) is 12.0 Å². The van der Waals surface area contributed by atoms with E-state index in [0.717, 1.165) is 56.0 Å². The third-order valence-corrected chi connectivity index (χ3v) is 4.77. The molecule has 1 aromatic carbocycles. The first kappa shape index (κ1) is 16.6. The number of nitrogens with zero attached hydrogens (tertiary/aromatic N) is 2. The van der Waals surface area contributed by atoms with Gasteiger partial charge in [0.05, 0.1) is 12.4 Å². The molecule has 0 bridgehead atoms. The number of ether oxygens (including phenoxy) is 2. The van der Waals surface area contributed by atoms with Gasteiger partial charge >= 0.3 is 6.18 Å². The predicted octanol–water partition coefficient (Wildman–Crippen LogP) is 4.42. The van der Waals surface area contributed by atoms with Crippen molar-refractivity contribution in [3.8, 4) is 5.69 Å². The number of benzene rings is 1. The summed E-state index contributed by atoms with van der Waals surface area (Å²) in [7, 11) is 0. The van der Waals surface area contributed by atoms with Gasteiger partial charge in [-0.25, -0.2) is 4.98 Å². The Morgan fingerprint density at radius 1 is 1.20 bits per heavy atom. The summed E-state index contributed by atoms with van der Waals surface area (Å²) < 4.78 is 51.2. The van der Waals surface area contributed by atoms with Gasteiger partial charge in [-0.1, -0.05) is 6.07 Å². The molecule has 2 unspecified atom stereocenters. The van der Waals surface area contributed by atoms with Crippen LogP contribution >= 0.6 is 0 Å². The molecule has 1 aromatic heterocycles. The maximum Gasteiger partial charge on any atom is 0.434 e. The lowest BCUT2D eigenvalue weighted by Gasteiger charge is -2.26. The third kappa shape index (κ3) is 3.43. The molecule has 2 heterocycles. The van der Waals surface area contributed by atoms with Crippen LogP contribution in [0.1, 0.15) is 48.6 Å². The summed E-state index contributed by atoms with van der Waals surface area (Å²) in [5.74, 6) is 0. The van der Waals surface area contributed by atoms with Crippen LogP contribution in [0.5, 0.6) is 0 Å². The SMILES string of the molecule is FC(F)(F)c1cn(-c2ccc3c(c2)CCC3OC2CCCCO2)cn1. The summed E-state index contributed by atoms with van der Waals surface area (Å²) in [5.41, 5.74) is 2.01. The molecular formula is C18H19F3N2O2. The fourth-order valence-electron chi connectivity index (χ4n) is 3.48. The third-order valence-electron chi connectivity index (χ3n) is 4.77. The quantitative estimate of drug-likeness (QED) is 0.820. The van der Waals surface area contributed by atoms with E-state index in [1.54, 1.807) is 0 Å². The molecule has 4 nitrogen and oxygen atoms in total. The van der Waals surface area contributed by atoms with Gasteiger partial charge in [0.2, 0.25) is 0 Å². The van der Waals surface area contributed by atoms with Crippen LogP contribution in [0.3, 0.4) is 0 Å². The second-order valence-electron chi connectivity index (χ2n) is 6.51. The zero-order chi connectivity index (χ0) is 17.4. The Morgan fingerprint density at radius 2 is 2.08 bits per heavy atom. The van der Waals surface area contributed by atoms with Gasteiger partial charge in [0.1, 0.15) is 0 Å². The molecule has 0 amide bonds. The minimum atomic E-state index is -4.43. The Morgan fingerprint density at radius 3 is 2.80 bits per heavy atom. The highest BCUT2D eigenvalue weighted by atomic mass is 19.4. The Bertz CT molecular complexity index is 751. The van der Waals surface area contributed by atoms with E-state index in [9.17, 15) is 13.2 Å². The van der Waals surface area contributed by atoms with Crippen LogP contribution in [0.25, 0.3) is 5.69 Å². The van der Waals surface area contributed by atoms with E-state index in [0.29, 0.717) is 5.69 Å². The molecule has 0 spiro atoms. The molecule has 7 heteroatoms. The maximum absolute atomic E-state index is 12.7. The topological polar surface area (TPSA) is 36.3 Å². The lowest BCUT2D eigenvalue weighted by Crippen LogP contribution is -2.23. The van der Waals surface area contributed by atoms with Crippen molar-refractivity contribution in [1.29, 1.82) is 0 Å².